The van der Waals surface area contributed by atoms with Crippen LogP contribution in [0.15, 0.2) is 12.5 Å². The number of carbonyl (C=O) groups is 1. The fourth-order valence-corrected chi connectivity index (χ4v) is 5.05. The molecule has 0 saturated heterocycles. The number of aromatic nitrogens is 2. The number of sulfone groups is 1. The van der Waals surface area contributed by atoms with Crippen LogP contribution in [-0.4, -0.2) is 41.4 Å². The van der Waals surface area contributed by atoms with E-state index in [1.807, 2.05) is 0 Å². The lowest BCUT2D eigenvalue weighted by Gasteiger charge is -2.29. The van der Waals surface area contributed by atoms with Crippen LogP contribution < -0.4 is 5.32 Å². The molecule has 1 fully saturated rings. The number of aryl methyl sites for hydroxylation is 1. The Balaban J connectivity index is 1.63. The number of carbonyl (C=O) groups excluding carboxylic acids is 1. The lowest BCUT2D eigenvalue weighted by molar-refractivity contribution is -0.125. The summed E-state index contributed by atoms with van der Waals surface area (Å²) in [7, 11) is -3.16. The molecule has 2 aliphatic rings. The molecule has 1 aromatic rings. The van der Waals surface area contributed by atoms with Gasteiger partial charge in [-0.05, 0) is 19.3 Å². The molecule has 1 saturated carbocycles. The average Bonchev–Trinajstić information content (AvgIpc) is 3.12. The summed E-state index contributed by atoms with van der Waals surface area (Å²) < 4.78 is 25.5. The first kappa shape index (κ1) is 15.5. The van der Waals surface area contributed by atoms with E-state index in [0.29, 0.717) is 19.3 Å². The van der Waals surface area contributed by atoms with Crippen LogP contribution in [0.1, 0.15) is 37.8 Å². The summed E-state index contributed by atoms with van der Waals surface area (Å²) >= 11 is 0. The van der Waals surface area contributed by atoms with Gasteiger partial charge in [0.25, 0.3) is 0 Å². The van der Waals surface area contributed by atoms with Gasteiger partial charge >= 0.3 is 0 Å². The van der Waals surface area contributed by atoms with E-state index in [-0.39, 0.29) is 18.4 Å². The Morgan fingerprint density at radius 2 is 2.18 bits per heavy atom. The number of hydrogen-bond acceptors (Lipinski definition) is 4. The van der Waals surface area contributed by atoms with Gasteiger partial charge in [0.2, 0.25) is 5.91 Å². The maximum atomic E-state index is 12.4. The van der Waals surface area contributed by atoms with Gasteiger partial charge in [0.05, 0.1) is 11.1 Å². The molecule has 122 valence electrons. The van der Waals surface area contributed by atoms with Gasteiger partial charge in [0.15, 0.2) is 9.84 Å². The highest BCUT2D eigenvalue weighted by molar-refractivity contribution is 7.92. The number of nitrogens with zero attached hydrogens (tertiary/aromatic N) is 2. The first-order valence-electron chi connectivity index (χ1n) is 7.88. The van der Waals surface area contributed by atoms with Crippen LogP contribution in [0.4, 0.5) is 0 Å². The third-order valence-electron chi connectivity index (χ3n) is 5.23. The maximum Gasteiger partial charge on any atom is 0.223 e. The van der Waals surface area contributed by atoms with E-state index in [4.69, 9.17) is 0 Å². The van der Waals surface area contributed by atoms with Crippen molar-refractivity contribution >= 4 is 15.7 Å². The summed E-state index contributed by atoms with van der Waals surface area (Å²) in [5, 5.41) is 2.92. The minimum absolute atomic E-state index is 0.0256. The molecule has 1 atom stereocenters. The predicted molar refractivity (Wildman–Crippen MR) is 83.1 cm³/mol. The van der Waals surface area contributed by atoms with Gasteiger partial charge in [-0.15, -0.1) is 0 Å². The second-order valence-corrected chi connectivity index (χ2v) is 9.06. The number of rotatable bonds is 4. The minimum atomic E-state index is -3.16. The van der Waals surface area contributed by atoms with Crippen LogP contribution in [0.3, 0.4) is 0 Å². The zero-order valence-electron chi connectivity index (χ0n) is 12.9. The van der Waals surface area contributed by atoms with E-state index in [2.05, 4.69) is 14.9 Å². The van der Waals surface area contributed by atoms with Gasteiger partial charge in [-0.3, -0.25) is 4.79 Å². The monoisotopic (exact) mass is 325 g/mol. The molecule has 2 heterocycles. The van der Waals surface area contributed by atoms with Crippen LogP contribution in [0.5, 0.6) is 0 Å². The lowest BCUT2D eigenvalue weighted by atomic mass is 9.95. The number of nitrogens with one attached hydrogen (secondary N) is 1. The van der Waals surface area contributed by atoms with Crippen LogP contribution in [0.2, 0.25) is 0 Å². The highest BCUT2D eigenvalue weighted by Gasteiger charge is 2.43. The fourth-order valence-electron chi connectivity index (χ4n) is 3.68. The number of hydrogen-bond donors (Lipinski definition) is 1. The van der Waals surface area contributed by atoms with E-state index in [1.54, 1.807) is 12.5 Å². The van der Waals surface area contributed by atoms with Gasteiger partial charge < -0.3 is 9.88 Å². The Bertz CT molecular complexity index is 659. The Labute approximate surface area is 131 Å². The zero-order chi connectivity index (χ0) is 15.8. The van der Waals surface area contributed by atoms with Crippen molar-refractivity contribution in [3.8, 4) is 0 Å². The highest BCUT2D eigenvalue weighted by atomic mass is 32.2. The van der Waals surface area contributed by atoms with Crippen molar-refractivity contribution in [2.45, 2.75) is 49.8 Å². The van der Waals surface area contributed by atoms with Gasteiger partial charge in [0, 0.05) is 43.6 Å². The molecule has 1 aliphatic carbocycles. The molecule has 0 radical (unpaired) electrons. The van der Waals surface area contributed by atoms with Gasteiger partial charge in [-0.1, -0.05) is 12.8 Å². The van der Waals surface area contributed by atoms with Crippen molar-refractivity contribution in [1.82, 2.24) is 14.9 Å². The molecule has 0 bridgehead atoms. The molecule has 0 spiro atoms. The number of imidazole rings is 1. The summed E-state index contributed by atoms with van der Waals surface area (Å²) in [6, 6.07) is 0. The van der Waals surface area contributed by atoms with Crippen LogP contribution in [-0.2, 0) is 27.6 Å². The fraction of sp³-hybridized carbons (Fsp3) is 0.733. The van der Waals surface area contributed by atoms with Crippen molar-refractivity contribution in [2.75, 3.05) is 12.8 Å². The molecular formula is C15H23N3O3S. The van der Waals surface area contributed by atoms with E-state index in [0.717, 1.165) is 31.5 Å². The summed E-state index contributed by atoms with van der Waals surface area (Å²) in [6.45, 7) is 1.05. The Morgan fingerprint density at radius 1 is 1.45 bits per heavy atom. The molecule has 1 unspecified atom stereocenters. The first-order chi connectivity index (χ1) is 10.4. The third-order valence-corrected chi connectivity index (χ3v) is 7.36. The third kappa shape index (κ3) is 2.78. The Morgan fingerprint density at radius 3 is 2.86 bits per heavy atom. The Kier molecular flexibility index (Phi) is 4.01. The SMILES string of the molecule is CS(=O)(=O)C1(CNC(=O)C2CCn3cncc3C2)CCCC1. The molecule has 0 aromatic carbocycles. The largest absolute Gasteiger partial charge is 0.354 e. The van der Waals surface area contributed by atoms with E-state index < -0.39 is 14.6 Å². The van der Waals surface area contributed by atoms with Crippen molar-refractivity contribution in [1.29, 1.82) is 0 Å². The van der Waals surface area contributed by atoms with Gasteiger partial charge in [-0.25, -0.2) is 13.4 Å². The van der Waals surface area contributed by atoms with Crippen LogP contribution >= 0.6 is 0 Å². The molecule has 1 N–H and O–H groups in total. The average molecular weight is 325 g/mol. The van der Waals surface area contributed by atoms with E-state index in [1.165, 1.54) is 6.26 Å². The summed E-state index contributed by atoms with van der Waals surface area (Å²) in [6.07, 6.45) is 9.50. The second-order valence-electron chi connectivity index (χ2n) is 6.65. The minimum Gasteiger partial charge on any atom is -0.354 e. The maximum absolute atomic E-state index is 12.4. The van der Waals surface area contributed by atoms with Gasteiger partial charge in [0.1, 0.15) is 0 Å². The molecular weight excluding hydrogens is 302 g/mol. The molecule has 1 aromatic heterocycles. The number of amides is 1. The summed E-state index contributed by atoms with van der Waals surface area (Å²) in [5.74, 6) is -0.107. The van der Waals surface area contributed by atoms with Crippen molar-refractivity contribution in [2.24, 2.45) is 5.92 Å². The van der Waals surface area contributed by atoms with Gasteiger partial charge in [-0.2, -0.15) is 0 Å². The van der Waals surface area contributed by atoms with Crippen molar-refractivity contribution in [3.05, 3.63) is 18.2 Å². The summed E-state index contributed by atoms with van der Waals surface area (Å²) in [4.78, 5) is 16.5. The van der Waals surface area contributed by atoms with E-state index in [9.17, 15) is 13.2 Å². The molecule has 6 nitrogen and oxygen atoms in total. The van der Waals surface area contributed by atoms with Crippen LogP contribution in [0, 0.1) is 5.92 Å². The molecule has 22 heavy (non-hydrogen) atoms. The lowest BCUT2D eigenvalue weighted by Crippen LogP contribution is -2.48. The topological polar surface area (TPSA) is 81.1 Å². The highest BCUT2D eigenvalue weighted by Crippen LogP contribution is 2.36. The molecule has 1 amide bonds. The standard InChI is InChI=1S/C15H23N3O3S/c1-22(20,21)15(5-2-3-6-15)10-17-14(19)12-4-7-18-11-16-9-13(18)8-12/h9,11-12H,2-8,10H2,1H3,(H,17,19). The molecule has 7 heteroatoms. The van der Waals surface area contributed by atoms with E-state index >= 15 is 0 Å². The second kappa shape index (κ2) is 5.68. The van der Waals surface area contributed by atoms with Crippen molar-refractivity contribution < 1.29 is 13.2 Å². The molecule has 1 aliphatic heterocycles. The normalized spacial score (nSPS) is 24.0. The quantitative estimate of drug-likeness (QED) is 0.892. The zero-order valence-corrected chi connectivity index (χ0v) is 13.7. The first-order valence-corrected chi connectivity index (χ1v) is 9.77. The van der Waals surface area contributed by atoms with Crippen molar-refractivity contribution in [3.63, 3.8) is 0 Å². The summed E-state index contributed by atoms with van der Waals surface area (Å²) in [5.41, 5.74) is 1.07. The smallest absolute Gasteiger partial charge is 0.223 e. The molecule has 3 rings (SSSR count). The number of fused-ring (bicyclic) bond motifs is 1. The Hall–Kier alpha value is -1.37. The van der Waals surface area contributed by atoms with Crippen LogP contribution in [0.25, 0.3) is 0 Å². The predicted octanol–water partition coefficient (Wildman–Crippen LogP) is 0.919.